The van der Waals surface area contributed by atoms with Gasteiger partial charge in [0.25, 0.3) is 0 Å². The van der Waals surface area contributed by atoms with Gasteiger partial charge in [-0.1, -0.05) is 135 Å². The zero-order valence-electron chi connectivity index (χ0n) is 27.0. The van der Waals surface area contributed by atoms with Crippen molar-refractivity contribution in [3.8, 4) is 33.6 Å². The molecular formula is C46H32N2S. The Balaban J connectivity index is 1.23. The van der Waals surface area contributed by atoms with Crippen LogP contribution >= 0.6 is 11.3 Å². The van der Waals surface area contributed by atoms with Crippen LogP contribution in [0.4, 0.5) is 0 Å². The summed E-state index contributed by atoms with van der Waals surface area (Å²) in [6.45, 7) is 8.09. The molecular weight excluding hydrogens is 613 g/mol. The molecule has 2 aromatic heterocycles. The molecule has 3 heteroatoms. The van der Waals surface area contributed by atoms with Crippen molar-refractivity contribution in [1.29, 1.82) is 0 Å². The Kier molecular flexibility index (Phi) is 7.14. The van der Waals surface area contributed by atoms with Crippen molar-refractivity contribution in [2.45, 2.75) is 12.8 Å². The fourth-order valence-electron chi connectivity index (χ4n) is 7.35. The minimum Gasteiger partial charge on any atom is -0.226 e. The Morgan fingerprint density at radius 1 is 0.633 bits per heavy atom. The summed E-state index contributed by atoms with van der Waals surface area (Å²) in [5.41, 5.74) is 11.2. The van der Waals surface area contributed by atoms with Crippen LogP contribution in [0, 0.1) is 0 Å². The van der Waals surface area contributed by atoms with Gasteiger partial charge in [0, 0.05) is 21.2 Å². The number of thiophene rings is 1. The van der Waals surface area contributed by atoms with Gasteiger partial charge in [0.15, 0.2) is 5.82 Å². The van der Waals surface area contributed by atoms with E-state index in [1.165, 1.54) is 54.1 Å². The topological polar surface area (TPSA) is 25.8 Å². The van der Waals surface area contributed by atoms with E-state index in [-0.39, 0.29) is 0 Å². The van der Waals surface area contributed by atoms with Crippen LogP contribution < -0.4 is 0 Å². The zero-order valence-corrected chi connectivity index (χ0v) is 27.8. The lowest BCUT2D eigenvalue weighted by atomic mass is 9.86. The lowest BCUT2D eigenvalue weighted by Crippen LogP contribution is -1.98. The number of rotatable bonds is 6. The highest BCUT2D eigenvalue weighted by Gasteiger charge is 2.19. The molecule has 0 radical (unpaired) electrons. The highest BCUT2D eigenvalue weighted by Crippen LogP contribution is 2.41. The molecule has 49 heavy (non-hydrogen) atoms. The summed E-state index contributed by atoms with van der Waals surface area (Å²) < 4.78 is 2.23. The molecule has 9 rings (SSSR count). The third kappa shape index (κ3) is 4.94. The standard InChI is InChI=1S/C46H32N2S/c1-3-13-29(4-2)43-45-44(41-28-32(23-25-42(41)49-45)30-14-6-5-7-15-30)48-46(47-43)34-17-12-16-31(26-34)33-22-24-39-37-20-9-8-18-35(37)36-19-10-11-21-38(36)40(39)27-33/h3-7,9-17,19-28H,1-2,8,18H2/b29-13+. The Bertz CT molecular complexity index is 2690. The van der Waals surface area contributed by atoms with Crippen LogP contribution in [0.15, 0.2) is 153 Å². The number of benzene rings is 6. The summed E-state index contributed by atoms with van der Waals surface area (Å²) in [4.78, 5) is 10.5. The van der Waals surface area contributed by atoms with Crippen molar-refractivity contribution in [3.05, 3.63) is 170 Å². The van der Waals surface area contributed by atoms with Crippen LogP contribution in [0.3, 0.4) is 0 Å². The molecule has 0 unspecified atom stereocenters. The Hall–Kier alpha value is -5.90. The lowest BCUT2D eigenvalue weighted by Gasteiger charge is -2.18. The number of aryl methyl sites for hydroxylation is 1. The molecule has 0 aliphatic heterocycles. The molecule has 6 aromatic carbocycles. The predicted molar refractivity (Wildman–Crippen MR) is 212 cm³/mol. The molecule has 1 aliphatic carbocycles. The van der Waals surface area contributed by atoms with Gasteiger partial charge in [-0.2, -0.15) is 0 Å². The summed E-state index contributed by atoms with van der Waals surface area (Å²) in [5, 5.41) is 6.40. The van der Waals surface area contributed by atoms with Gasteiger partial charge in [0.2, 0.25) is 0 Å². The smallest absolute Gasteiger partial charge is 0.160 e. The van der Waals surface area contributed by atoms with E-state index in [9.17, 15) is 0 Å². The van der Waals surface area contributed by atoms with E-state index in [2.05, 4.69) is 141 Å². The number of allylic oxidation sites excluding steroid dienone is 5. The third-order valence-corrected chi connectivity index (χ3v) is 10.9. The SMILES string of the molecule is C=C/C=C(\C=C)c1nc(-c2cccc(-c3ccc4c5c(c6ccccc6c4c3)CCC=C5)c2)nc2c1sc1ccc(-c3ccccc3)cc12. The van der Waals surface area contributed by atoms with Crippen LogP contribution in [0.25, 0.3) is 87.1 Å². The first-order chi connectivity index (χ1) is 24.2. The fourth-order valence-corrected chi connectivity index (χ4v) is 8.48. The Labute approximate surface area is 289 Å². The fraction of sp³-hybridized carbons (Fsp3) is 0.0435. The summed E-state index contributed by atoms with van der Waals surface area (Å²) in [7, 11) is 0. The second kappa shape index (κ2) is 12.0. The van der Waals surface area contributed by atoms with E-state index in [4.69, 9.17) is 9.97 Å². The minimum absolute atomic E-state index is 0.691. The molecule has 0 fully saturated rings. The van der Waals surface area contributed by atoms with Gasteiger partial charge in [-0.3, -0.25) is 0 Å². The van der Waals surface area contributed by atoms with Crippen molar-refractivity contribution in [2.24, 2.45) is 0 Å². The van der Waals surface area contributed by atoms with Crippen molar-refractivity contribution in [2.75, 3.05) is 0 Å². The van der Waals surface area contributed by atoms with Crippen LogP contribution in [0.1, 0.15) is 23.2 Å². The normalized spacial score (nSPS) is 12.9. The van der Waals surface area contributed by atoms with E-state index in [0.717, 1.165) is 50.8 Å². The zero-order chi connectivity index (χ0) is 32.9. The van der Waals surface area contributed by atoms with Crippen LogP contribution in [0.5, 0.6) is 0 Å². The number of fused-ring (bicyclic) bond motifs is 9. The van der Waals surface area contributed by atoms with Gasteiger partial charge in [-0.25, -0.2) is 9.97 Å². The monoisotopic (exact) mass is 644 g/mol. The summed E-state index contributed by atoms with van der Waals surface area (Å²) in [5.74, 6) is 0.691. The van der Waals surface area contributed by atoms with Gasteiger partial charge in [0.05, 0.1) is 15.9 Å². The molecule has 2 heterocycles. The molecule has 0 N–H and O–H groups in total. The summed E-state index contributed by atoms with van der Waals surface area (Å²) >= 11 is 1.72. The van der Waals surface area contributed by atoms with E-state index in [1.54, 1.807) is 17.4 Å². The first kappa shape index (κ1) is 29.3. The van der Waals surface area contributed by atoms with Crippen molar-refractivity contribution >= 4 is 64.8 Å². The number of hydrogen-bond acceptors (Lipinski definition) is 3. The predicted octanol–water partition coefficient (Wildman–Crippen LogP) is 12.9. The van der Waals surface area contributed by atoms with Crippen molar-refractivity contribution < 1.29 is 0 Å². The number of aromatic nitrogens is 2. The molecule has 2 nitrogen and oxygen atoms in total. The maximum atomic E-state index is 5.28. The van der Waals surface area contributed by atoms with Gasteiger partial charge in [-0.05, 0) is 92.0 Å². The molecule has 0 saturated heterocycles. The number of nitrogens with zero attached hydrogens (tertiary/aromatic N) is 2. The van der Waals surface area contributed by atoms with Gasteiger partial charge >= 0.3 is 0 Å². The summed E-state index contributed by atoms with van der Waals surface area (Å²) in [6, 6.07) is 41.6. The molecule has 0 spiro atoms. The maximum absolute atomic E-state index is 5.28. The van der Waals surface area contributed by atoms with E-state index in [0.29, 0.717) is 5.82 Å². The Morgan fingerprint density at radius 3 is 2.22 bits per heavy atom. The van der Waals surface area contributed by atoms with Crippen LogP contribution in [-0.4, -0.2) is 9.97 Å². The number of hydrogen-bond donors (Lipinski definition) is 0. The molecule has 232 valence electrons. The van der Waals surface area contributed by atoms with Crippen LogP contribution in [0.2, 0.25) is 0 Å². The molecule has 0 atom stereocenters. The van der Waals surface area contributed by atoms with E-state index >= 15 is 0 Å². The average molecular weight is 645 g/mol. The Morgan fingerprint density at radius 2 is 1.37 bits per heavy atom. The molecule has 0 bridgehead atoms. The second-order valence-electron chi connectivity index (χ2n) is 12.5. The van der Waals surface area contributed by atoms with Crippen LogP contribution in [-0.2, 0) is 6.42 Å². The third-order valence-electron chi connectivity index (χ3n) is 9.69. The van der Waals surface area contributed by atoms with Gasteiger partial charge in [-0.15, -0.1) is 11.3 Å². The first-order valence-corrected chi connectivity index (χ1v) is 17.5. The molecule has 0 amide bonds. The van der Waals surface area contributed by atoms with E-state index in [1.807, 2.05) is 12.2 Å². The minimum atomic E-state index is 0.691. The van der Waals surface area contributed by atoms with E-state index < -0.39 is 0 Å². The van der Waals surface area contributed by atoms with Gasteiger partial charge in [0.1, 0.15) is 0 Å². The summed E-state index contributed by atoms with van der Waals surface area (Å²) in [6.07, 6.45) is 12.4. The average Bonchev–Trinajstić information content (AvgIpc) is 3.55. The molecule has 1 aliphatic rings. The van der Waals surface area contributed by atoms with Gasteiger partial charge < -0.3 is 0 Å². The highest BCUT2D eigenvalue weighted by atomic mass is 32.1. The lowest BCUT2D eigenvalue weighted by molar-refractivity contribution is 1.00. The molecule has 0 saturated carbocycles. The van der Waals surface area contributed by atoms with Crippen molar-refractivity contribution in [3.63, 3.8) is 0 Å². The maximum Gasteiger partial charge on any atom is 0.160 e. The molecule has 8 aromatic rings. The quantitative estimate of drug-likeness (QED) is 0.133. The van der Waals surface area contributed by atoms with Crippen molar-refractivity contribution in [1.82, 2.24) is 9.97 Å². The first-order valence-electron chi connectivity index (χ1n) is 16.7. The highest BCUT2D eigenvalue weighted by molar-refractivity contribution is 7.26. The second-order valence-corrected chi connectivity index (χ2v) is 13.6. The largest absolute Gasteiger partial charge is 0.226 e.